The van der Waals surface area contributed by atoms with Gasteiger partial charge in [0.2, 0.25) is 0 Å². The van der Waals surface area contributed by atoms with Crippen molar-refractivity contribution < 1.29 is 8.78 Å². The molecule has 3 N–H and O–H groups in total. The Balaban J connectivity index is 1.48. The number of halogens is 2. The second-order valence-corrected chi connectivity index (χ2v) is 9.49. The van der Waals surface area contributed by atoms with Gasteiger partial charge < -0.3 is 10.3 Å². The molecular weight excluding hydrogens is 468 g/mol. The standard InChI is InChI=1S/C25H19F2N7S/c1-12(2)30-15-7-14(10-28-11-15)13-8-16-21(17(26)9-13)33-34-22(16)25-31-18-5-6-29-24(23(18)32-25)19-3-4-20(27)35-19/h3-12,30H,1-2H3,(H,31,32)(H,33,34). The van der Waals surface area contributed by atoms with Crippen LogP contribution >= 0.6 is 11.3 Å². The van der Waals surface area contributed by atoms with Gasteiger partial charge in [-0.2, -0.15) is 9.49 Å². The fraction of sp³-hybridized carbons (Fsp3) is 0.120. The van der Waals surface area contributed by atoms with Gasteiger partial charge in [0.15, 0.2) is 16.8 Å². The second-order valence-electron chi connectivity index (χ2n) is 8.46. The summed E-state index contributed by atoms with van der Waals surface area (Å²) in [6.07, 6.45) is 5.08. The molecule has 0 unspecified atom stereocenters. The Morgan fingerprint density at radius 1 is 1.00 bits per heavy atom. The number of rotatable bonds is 5. The van der Waals surface area contributed by atoms with Crippen molar-refractivity contribution in [2.75, 3.05) is 5.32 Å². The number of thiophene rings is 1. The quantitative estimate of drug-likeness (QED) is 0.262. The van der Waals surface area contributed by atoms with Crippen LogP contribution in [0.15, 0.2) is 55.0 Å². The van der Waals surface area contributed by atoms with Crippen LogP contribution in [0.2, 0.25) is 0 Å². The summed E-state index contributed by atoms with van der Waals surface area (Å²) in [6.45, 7) is 4.08. The number of aromatic amines is 2. The van der Waals surface area contributed by atoms with Crippen molar-refractivity contribution in [3.63, 3.8) is 0 Å². The van der Waals surface area contributed by atoms with Gasteiger partial charge >= 0.3 is 0 Å². The summed E-state index contributed by atoms with van der Waals surface area (Å²) in [5.74, 6) is 0.0356. The molecule has 0 amide bonds. The molecule has 174 valence electrons. The molecule has 0 saturated heterocycles. The first-order valence-corrected chi connectivity index (χ1v) is 11.8. The highest BCUT2D eigenvalue weighted by atomic mass is 32.1. The fourth-order valence-corrected chi connectivity index (χ4v) is 4.84. The van der Waals surface area contributed by atoms with Gasteiger partial charge in [0.25, 0.3) is 0 Å². The number of pyridine rings is 2. The maximum atomic E-state index is 15.1. The molecule has 0 bridgehead atoms. The lowest BCUT2D eigenvalue weighted by Crippen LogP contribution is -2.09. The van der Waals surface area contributed by atoms with E-state index in [4.69, 9.17) is 4.98 Å². The fourth-order valence-electron chi connectivity index (χ4n) is 4.11. The van der Waals surface area contributed by atoms with Crippen LogP contribution in [-0.2, 0) is 0 Å². The highest BCUT2D eigenvalue weighted by molar-refractivity contribution is 7.13. The Kier molecular flexibility index (Phi) is 5.03. The van der Waals surface area contributed by atoms with Gasteiger partial charge in [-0.05, 0) is 55.8 Å². The summed E-state index contributed by atoms with van der Waals surface area (Å²) in [7, 11) is 0. The van der Waals surface area contributed by atoms with Crippen molar-refractivity contribution in [1.29, 1.82) is 0 Å². The molecule has 0 aliphatic rings. The van der Waals surface area contributed by atoms with Gasteiger partial charge in [0.05, 0.1) is 16.1 Å². The first kappa shape index (κ1) is 21.4. The lowest BCUT2D eigenvalue weighted by Gasteiger charge is -2.11. The van der Waals surface area contributed by atoms with E-state index in [9.17, 15) is 4.39 Å². The lowest BCUT2D eigenvalue weighted by atomic mass is 10.0. The van der Waals surface area contributed by atoms with E-state index in [1.807, 2.05) is 26.0 Å². The van der Waals surface area contributed by atoms with Crippen LogP contribution in [0.25, 0.3) is 55.2 Å². The molecular formula is C25H19F2N7S. The average Bonchev–Trinajstić information content (AvgIpc) is 3.56. The Morgan fingerprint density at radius 2 is 1.89 bits per heavy atom. The summed E-state index contributed by atoms with van der Waals surface area (Å²) >= 11 is 1.01. The Morgan fingerprint density at radius 3 is 2.69 bits per heavy atom. The van der Waals surface area contributed by atoms with Gasteiger partial charge in [-0.3, -0.25) is 15.1 Å². The highest BCUT2D eigenvalue weighted by Gasteiger charge is 2.19. The van der Waals surface area contributed by atoms with Crippen LogP contribution in [-0.4, -0.2) is 36.2 Å². The molecule has 0 aliphatic heterocycles. The van der Waals surface area contributed by atoms with E-state index in [1.165, 1.54) is 12.1 Å². The van der Waals surface area contributed by atoms with E-state index >= 15 is 4.39 Å². The number of hydrogen-bond donors (Lipinski definition) is 3. The molecule has 0 fully saturated rings. The monoisotopic (exact) mass is 487 g/mol. The maximum Gasteiger partial charge on any atom is 0.177 e. The third-order valence-electron chi connectivity index (χ3n) is 5.58. The first-order chi connectivity index (χ1) is 17.0. The van der Waals surface area contributed by atoms with E-state index < -0.39 is 5.82 Å². The zero-order valence-electron chi connectivity index (χ0n) is 18.7. The summed E-state index contributed by atoms with van der Waals surface area (Å²) in [6, 6.07) is 10.4. The normalized spacial score (nSPS) is 11.7. The van der Waals surface area contributed by atoms with Gasteiger partial charge in [-0.25, -0.2) is 9.37 Å². The first-order valence-electron chi connectivity index (χ1n) is 11.0. The van der Waals surface area contributed by atoms with E-state index in [0.29, 0.717) is 38.6 Å². The molecule has 0 atom stereocenters. The summed E-state index contributed by atoms with van der Waals surface area (Å²) in [5.41, 5.74) is 4.97. The Hall–Kier alpha value is -4.18. The van der Waals surface area contributed by atoms with Gasteiger partial charge in [-0.15, -0.1) is 11.3 Å². The lowest BCUT2D eigenvalue weighted by molar-refractivity contribution is 0.636. The number of H-pyrrole nitrogens is 2. The van der Waals surface area contributed by atoms with E-state index in [1.54, 1.807) is 30.7 Å². The van der Waals surface area contributed by atoms with Gasteiger partial charge in [0.1, 0.15) is 22.4 Å². The molecule has 6 aromatic rings. The van der Waals surface area contributed by atoms with Crippen LogP contribution in [0, 0.1) is 10.9 Å². The summed E-state index contributed by atoms with van der Waals surface area (Å²) < 4.78 is 28.7. The van der Waals surface area contributed by atoms with Gasteiger partial charge in [0, 0.05) is 35.6 Å². The number of anilines is 1. The molecule has 35 heavy (non-hydrogen) atoms. The molecule has 5 heterocycles. The van der Waals surface area contributed by atoms with Crippen LogP contribution in [0.3, 0.4) is 0 Å². The predicted octanol–water partition coefficient (Wildman–Crippen LogP) is 6.39. The van der Waals surface area contributed by atoms with Crippen LogP contribution in [0.5, 0.6) is 0 Å². The van der Waals surface area contributed by atoms with E-state index in [0.717, 1.165) is 28.1 Å². The number of aromatic nitrogens is 6. The molecule has 10 heteroatoms. The molecule has 6 rings (SSSR count). The topological polar surface area (TPSA) is 95.2 Å². The number of nitrogens with one attached hydrogen (secondary N) is 3. The molecule has 0 spiro atoms. The SMILES string of the molecule is CC(C)Nc1cncc(-c2cc(F)c3n[nH]c(-c4nc5c(-c6ccc(F)s6)nccc5[nH]4)c3c2)c1. The number of benzene rings is 1. The maximum absolute atomic E-state index is 15.1. The molecule has 7 nitrogen and oxygen atoms in total. The minimum Gasteiger partial charge on any atom is -0.382 e. The zero-order valence-corrected chi connectivity index (χ0v) is 19.5. The van der Waals surface area contributed by atoms with Crippen molar-refractivity contribution in [2.24, 2.45) is 0 Å². The smallest absolute Gasteiger partial charge is 0.177 e. The predicted molar refractivity (Wildman–Crippen MR) is 134 cm³/mol. The number of hydrogen-bond acceptors (Lipinski definition) is 6. The van der Waals surface area contributed by atoms with Crippen molar-refractivity contribution in [3.05, 3.63) is 65.9 Å². The average molecular weight is 488 g/mol. The molecule has 0 aliphatic carbocycles. The second kappa shape index (κ2) is 8.24. The van der Waals surface area contributed by atoms with E-state index in [-0.39, 0.29) is 16.7 Å². The largest absolute Gasteiger partial charge is 0.382 e. The Bertz CT molecular complexity index is 1700. The van der Waals surface area contributed by atoms with Crippen LogP contribution < -0.4 is 5.32 Å². The number of fused-ring (bicyclic) bond motifs is 2. The minimum atomic E-state index is -0.449. The van der Waals surface area contributed by atoms with Gasteiger partial charge in [-0.1, -0.05) is 0 Å². The van der Waals surface area contributed by atoms with Crippen LogP contribution in [0.1, 0.15) is 13.8 Å². The van der Waals surface area contributed by atoms with Crippen molar-refractivity contribution in [1.82, 2.24) is 30.1 Å². The summed E-state index contributed by atoms with van der Waals surface area (Å²) in [4.78, 5) is 17.4. The minimum absolute atomic E-state index is 0.215. The van der Waals surface area contributed by atoms with E-state index in [2.05, 4.69) is 30.5 Å². The van der Waals surface area contributed by atoms with Crippen LogP contribution in [0.4, 0.5) is 14.5 Å². The molecule has 5 aromatic heterocycles. The highest BCUT2D eigenvalue weighted by Crippen LogP contribution is 2.35. The number of imidazole rings is 1. The third-order valence-corrected chi connectivity index (χ3v) is 6.46. The van der Waals surface area contributed by atoms with Crippen molar-refractivity contribution >= 4 is 39.0 Å². The molecule has 1 aromatic carbocycles. The zero-order chi connectivity index (χ0) is 24.1. The Labute approximate surface area is 202 Å². The van der Waals surface area contributed by atoms with Crippen molar-refractivity contribution in [2.45, 2.75) is 19.9 Å². The summed E-state index contributed by atoms with van der Waals surface area (Å²) in [5, 5.41) is 10.7. The third kappa shape index (κ3) is 3.81. The van der Waals surface area contributed by atoms with Crippen molar-refractivity contribution in [3.8, 4) is 33.2 Å². The molecule has 0 radical (unpaired) electrons. The molecule has 0 saturated carbocycles. The number of nitrogens with zero attached hydrogens (tertiary/aromatic N) is 4.